The highest BCUT2D eigenvalue weighted by Crippen LogP contribution is 2.32. The zero-order valence-corrected chi connectivity index (χ0v) is 13.2. The van der Waals surface area contributed by atoms with Gasteiger partial charge in [-0.15, -0.1) is 0 Å². The van der Waals surface area contributed by atoms with Crippen molar-refractivity contribution in [3.63, 3.8) is 0 Å². The number of amides is 1. The van der Waals surface area contributed by atoms with E-state index in [1.807, 2.05) is 0 Å². The molecule has 0 spiro atoms. The molecule has 3 N–H and O–H groups in total. The summed E-state index contributed by atoms with van der Waals surface area (Å²) in [5.74, 6) is 0.401. The number of phenolic OH excluding ortho intramolecular Hbond substituents is 2. The minimum Gasteiger partial charge on any atom is -0.507 e. The Balaban J connectivity index is 1.70. The highest BCUT2D eigenvalue weighted by molar-refractivity contribution is 9.10. The normalized spacial score (nSPS) is 12.6. The number of nitrogens with zero attached hydrogens (tertiary/aromatic N) is 1. The standard InChI is InChI=1S/C15H11BrN2O5/c16-10-3-9(11(19)5-12(10)20)6-17-18-15(21)8-1-2-13-14(4-8)23-7-22-13/h1-6,19-20H,7H2,(H,18,21). The second-order valence-electron chi connectivity index (χ2n) is 4.63. The lowest BCUT2D eigenvalue weighted by atomic mass is 10.2. The summed E-state index contributed by atoms with van der Waals surface area (Å²) in [7, 11) is 0. The molecule has 1 heterocycles. The average molecular weight is 379 g/mol. The van der Waals surface area contributed by atoms with Gasteiger partial charge in [-0.2, -0.15) is 5.10 Å². The van der Waals surface area contributed by atoms with E-state index >= 15 is 0 Å². The number of ether oxygens (including phenoxy) is 2. The Morgan fingerprint density at radius 3 is 2.78 bits per heavy atom. The van der Waals surface area contributed by atoms with Gasteiger partial charge < -0.3 is 19.7 Å². The van der Waals surface area contributed by atoms with E-state index in [4.69, 9.17) is 9.47 Å². The summed E-state index contributed by atoms with van der Waals surface area (Å²) in [6, 6.07) is 7.44. The van der Waals surface area contributed by atoms with E-state index in [-0.39, 0.29) is 18.3 Å². The third-order valence-corrected chi connectivity index (χ3v) is 3.74. The Labute approximate surface area is 139 Å². The van der Waals surface area contributed by atoms with Gasteiger partial charge in [0.2, 0.25) is 6.79 Å². The second-order valence-corrected chi connectivity index (χ2v) is 5.48. The third-order valence-electron chi connectivity index (χ3n) is 3.10. The summed E-state index contributed by atoms with van der Waals surface area (Å²) < 4.78 is 10.8. The number of aromatic hydroxyl groups is 2. The number of hydrogen-bond acceptors (Lipinski definition) is 6. The molecule has 0 aliphatic carbocycles. The highest BCUT2D eigenvalue weighted by atomic mass is 79.9. The summed E-state index contributed by atoms with van der Waals surface area (Å²) in [6.45, 7) is 0.133. The Hall–Kier alpha value is -2.74. The van der Waals surface area contributed by atoms with Crippen LogP contribution in [0.25, 0.3) is 0 Å². The number of fused-ring (bicyclic) bond motifs is 1. The van der Waals surface area contributed by atoms with E-state index in [2.05, 4.69) is 26.5 Å². The monoisotopic (exact) mass is 378 g/mol. The van der Waals surface area contributed by atoms with Gasteiger partial charge >= 0.3 is 0 Å². The van der Waals surface area contributed by atoms with E-state index in [1.54, 1.807) is 18.2 Å². The lowest BCUT2D eigenvalue weighted by molar-refractivity contribution is 0.0954. The number of rotatable bonds is 3. The lowest BCUT2D eigenvalue weighted by Crippen LogP contribution is -2.17. The maximum Gasteiger partial charge on any atom is 0.271 e. The van der Waals surface area contributed by atoms with Crippen LogP contribution in [0.4, 0.5) is 0 Å². The molecular formula is C15H11BrN2O5. The van der Waals surface area contributed by atoms with Gasteiger partial charge in [-0.25, -0.2) is 5.43 Å². The van der Waals surface area contributed by atoms with Gasteiger partial charge in [0.15, 0.2) is 11.5 Å². The quantitative estimate of drug-likeness (QED) is 0.562. The van der Waals surface area contributed by atoms with E-state index in [1.165, 1.54) is 18.3 Å². The topological polar surface area (TPSA) is 100 Å². The lowest BCUT2D eigenvalue weighted by Gasteiger charge is -2.03. The first kappa shape index (κ1) is 15.2. The smallest absolute Gasteiger partial charge is 0.271 e. The molecule has 1 aliphatic rings. The van der Waals surface area contributed by atoms with Crippen LogP contribution in [0.2, 0.25) is 0 Å². The predicted octanol–water partition coefficient (Wildman–Crippen LogP) is 2.35. The minimum absolute atomic E-state index is 0.0935. The minimum atomic E-state index is -0.433. The van der Waals surface area contributed by atoms with Crippen LogP contribution in [0, 0.1) is 0 Å². The number of hydrogen-bond donors (Lipinski definition) is 3. The molecule has 0 saturated carbocycles. The number of halogens is 1. The highest BCUT2D eigenvalue weighted by Gasteiger charge is 2.15. The Bertz CT molecular complexity index is 807. The molecule has 0 radical (unpaired) electrons. The third kappa shape index (κ3) is 3.21. The summed E-state index contributed by atoms with van der Waals surface area (Å²) in [5, 5.41) is 22.9. The summed E-state index contributed by atoms with van der Waals surface area (Å²) in [5.41, 5.74) is 3.04. The number of nitrogens with one attached hydrogen (secondary N) is 1. The predicted molar refractivity (Wildman–Crippen MR) is 85.1 cm³/mol. The molecular weight excluding hydrogens is 368 g/mol. The molecule has 0 aromatic heterocycles. The first-order valence-corrected chi connectivity index (χ1v) is 7.28. The van der Waals surface area contributed by atoms with Crippen LogP contribution in [0.1, 0.15) is 15.9 Å². The number of carbonyl (C=O) groups excluding carboxylic acids is 1. The molecule has 2 aromatic rings. The van der Waals surface area contributed by atoms with Crippen molar-refractivity contribution in [3.05, 3.63) is 45.9 Å². The van der Waals surface area contributed by atoms with Crippen molar-refractivity contribution < 1.29 is 24.5 Å². The fourth-order valence-corrected chi connectivity index (χ4v) is 2.29. The van der Waals surface area contributed by atoms with Gasteiger partial charge in [-0.3, -0.25) is 4.79 Å². The molecule has 0 atom stereocenters. The molecule has 0 fully saturated rings. The molecule has 2 aromatic carbocycles. The van der Waals surface area contributed by atoms with Crippen molar-refractivity contribution in [2.75, 3.05) is 6.79 Å². The summed E-state index contributed by atoms with van der Waals surface area (Å²) in [4.78, 5) is 12.0. The van der Waals surface area contributed by atoms with Crippen LogP contribution >= 0.6 is 15.9 Å². The molecule has 1 amide bonds. The number of hydrazone groups is 1. The molecule has 118 valence electrons. The van der Waals surface area contributed by atoms with Crippen LogP contribution < -0.4 is 14.9 Å². The Kier molecular flexibility index (Phi) is 4.07. The van der Waals surface area contributed by atoms with Crippen LogP contribution in [0.3, 0.4) is 0 Å². The molecule has 8 heteroatoms. The van der Waals surface area contributed by atoms with Crippen LogP contribution in [-0.4, -0.2) is 29.1 Å². The van der Waals surface area contributed by atoms with Crippen LogP contribution in [-0.2, 0) is 0 Å². The van der Waals surface area contributed by atoms with Crippen LogP contribution in [0.15, 0.2) is 39.9 Å². The maximum absolute atomic E-state index is 12.0. The number of carbonyl (C=O) groups is 1. The van der Waals surface area contributed by atoms with Gasteiger partial charge in [0, 0.05) is 17.2 Å². The SMILES string of the molecule is O=C(NN=Cc1cc(Br)c(O)cc1O)c1ccc2c(c1)OCO2. The van der Waals surface area contributed by atoms with Crippen molar-refractivity contribution in [2.45, 2.75) is 0 Å². The summed E-state index contributed by atoms with van der Waals surface area (Å²) >= 11 is 3.13. The van der Waals surface area contributed by atoms with Crippen molar-refractivity contribution in [1.29, 1.82) is 0 Å². The second kappa shape index (κ2) is 6.17. The Morgan fingerprint density at radius 1 is 1.17 bits per heavy atom. The van der Waals surface area contributed by atoms with E-state index in [0.717, 1.165) is 0 Å². The first-order chi connectivity index (χ1) is 11.0. The molecule has 1 aliphatic heterocycles. The van der Waals surface area contributed by atoms with E-state index in [0.29, 0.717) is 27.1 Å². The average Bonchev–Trinajstić information content (AvgIpc) is 2.99. The van der Waals surface area contributed by atoms with Crippen molar-refractivity contribution in [1.82, 2.24) is 5.43 Å². The maximum atomic E-state index is 12.0. The van der Waals surface area contributed by atoms with Gasteiger partial charge in [-0.05, 0) is 40.2 Å². The van der Waals surface area contributed by atoms with Crippen molar-refractivity contribution in [2.24, 2.45) is 5.10 Å². The molecule has 7 nitrogen and oxygen atoms in total. The summed E-state index contributed by atoms with van der Waals surface area (Å²) in [6.07, 6.45) is 1.27. The molecule has 3 rings (SSSR count). The number of benzene rings is 2. The zero-order chi connectivity index (χ0) is 16.4. The van der Waals surface area contributed by atoms with Gasteiger partial charge in [0.25, 0.3) is 5.91 Å². The van der Waals surface area contributed by atoms with E-state index < -0.39 is 5.91 Å². The molecule has 0 bridgehead atoms. The Morgan fingerprint density at radius 2 is 1.96 bits per heavy atom. The van der Waals surface area contributed by atoms with Crippen molar-refractivity contribution >= 4 is 28.1 Å². The fraction of sp³-hybridized carbons (Fsp3) is 0.0667. The zero-order valence-electron chi connectivity index (χ0n) is 11.6. The van der Waals surface area contributed by atoms with Gasteiger partial charge in [0.05, 0.1) is 10.7 Å². The van der Waals surface area contributed by atoms with Gasteiger partial charge in [0.1, 0.15) is 11.5 Å². The molecule has 0 unspecified atom stereocenters. The number of phenols is 2. The van der Waals surface area contributed by atoms with Crippen molar-refractivity contribution in [3.8, 4) is 23.0 Å². The fourth-order valence-electron chi connectivity index (χ4n) is 1.93. The molecule has 0 saturated heterocycles. The largest absolute Gasteiger partial charge is 0.507 e. The van der Waals surface area contributed by atoms with E-state index in [9.17, 15) is 15.0 Å². The first-order valence-electron chi connectivity index (χ1n) is 6.49. The molecule has 23 heavy (non-hydrogen) atoms. The van der Waals surface area contributed by atoms with Gasteiger partial charge in [-0.1, -0.05) is 0 Å². The van der Waals surface area contributed by atoms with Crippen LogP contribution in [0.5, 0.6) is 23.0 Å².